The van der Waals surface area contributed by atoms with E-state index in [9.17, 15) is 5.11 Å². The molecule has 0 spiro atoms. The van der Waals surface area contributed by atoms with E-state index in [4.69, 9.17) is 0 Å². The average molecular weight is 282 g/mol. The molecule has 0 unspecified atom stereocenters. The van der Waals surface area contributed by atoms with Crippen molar-refractivity contribution in [1.82, 2.24) is 19.7 Å². The minimum absolute atomic E-state index is 0.0887. The summed E-state index contributed by atoms with van der Waals surface area (Å²) in [6.45, 7) is 4.02. The minimum atomic E-state index is -0.0887. The number of benzene rings is 1. The first-order valence-electron chi connectivity index (χ1n) is 7.21. The molecule has 3 aromatic rings. The summed E-state index contributed by atoms with van der Waals surface area (Å²) in [5, 5.41) is 15.0. The molecular weight excluding hydrogens is 264 g/mol. The summed E-state index contributed by atoms with van der Waals surface area (Å²) >= 11 is 0. The van der Waals surface area contributed by atoms with Gasteiger partial charge in [-0.1, -0.05) is 32.0 Å². The van der Waals surface area contributed by atoms with Gasteiger partial charge in [-0.05, 0) is 12.1 Å². The standard InChI is InChI=1S/C16H18N4O/c1-3-15-18-16(4-2)20(19-15)14-9-11(10-21)17-13-8-6-5-7-12(13)14/h5-9,21H,3-4,10H2,1-2H3. The molecule has 108 valence electrons. The number of para-hydroxylation sites is 1. The maximum Gasteiger partial charge on any atom is 0.151 e. The van der Waals surface area contributed by atoms with Crippen LogP contribution in [0.15, 0.2) is 30.3 Å². The maximum absolute atomic E-state index is 9.44. The summed E-state index contributed by atoms with van der Waals surface area (Å²) in [6, 6.07) is 9.78. The molecule has 2 heterocycles. The Labute approximate surface area is 123 Å². The van der Waals surface area contributed by atoms with E-state index >= 15 is 0 Å². The van der Waals surface area contributed by atoms with Crippen LogP contribution in [0.2, 0.25) is 0 Å². The topological polar surface area (TPSA) is 63.8 Å². The smallest absolute Gasteiger partial charge is 0.151 e. The quantitative estimate of drug-likeness (QED) is 0.798. The van der Waals surface area contributed by atoms with Crippen LogP contribution in [0.4, 0.5) is 0 Å². The monoisotopic (exact) mass is 282 g/mol. The van der Waals surface area contributed by atoms with Gasteiger partial charge < -0.3 is 5.11 Å². The molecule has 0 aliphatic rings. The third kappa shape index (κ3) is 2.40. The normalized spacial score (nSPS) is 11.2. The van der Waals surface area contributed by atoms with Gasteiger partial charge in [0.05, 0.1) is 23.5 Å². The van der Waals surface area contributed by atoms with Crippen molar-refractivity contribution in [2.75, 3.05) is 0 Å². The van der Waals surface area contributed by atoms with E-state index in [1.54, 1.807) is 0 Å². The van der Waals surface area contributed by atoms with Crippen molar-refractivity contribution in [2.24, 2.45) is 0 Å². The largest absolute Gasteiger partial charge is 0.390 e. The first-order chi connectivity index (χ1) is 10.3. The van der Waals surface area contributed by atoms with Crippen LogP contribution >= 0.6 is 0 Å². The fourth-order valence-corrected chi connectivity index (χ4v) is 2.43. The average Bonchev–Trinajstić information content (AvgIpc) is 2.97. The highest BCUT2D eigenvalue weighted by Crippen LogP contribution is 2.23. The second kappa shape index (κ2) is 5.61. The van der Waals surface area contributed by atoms with Crippen molar-refractivity contribution in [3.63, 3.8) is 0 Å². The zero-order valence-electron chi connectivity index (χ0n) is 12.2. The Balaban J connectivity index is 2.30. The first kappa shape index (κ1) is 13.7. The summed E-state index contributed by atoms with van der Waals surface area (Å²) in [5.41, 5.74) is 2.42. The zero-order valence-corrected chi connectivity index (χ0v) is 12.2. The van der Waals surface area contributed by atoms with Gasteiger partial charge in [0.25, 0.3) is 0 Å². The molecule has 5 nitrogen and oxygen atoms in total. The van der Waals surface area contributed by atoms with E-state index in [0.29, 0.717) is 5.69 Å². The van der Waals surface area contributed by atoms with Crippen molar-refractivity contribution in [3.05, 3.63) is 47.7 Å². The number of fused-ring (bicyclic) bond motifs is 1. The van der Waals surface area contributed by atoms with Crippen LogP contribution in [0.1, 0.15) is 31.2 Å². The number of hydrogen-bond donors (Lipinski definition) is 1. The van der Waals surface area contributed by atoms with Crippen molar-refractivity contribution in [1.29, 1.82) is 0 Å². The van der Waals surface area contributed by atoms with Crippen LogP contribution in [0, 0.1) is 0 Å². The number of aromatic nitrogens is 4. The highest BCUT2D eigenvalue weighted by Gasteiger charge is 2.13. The molecule has 0 saturated heterocycles. The fraction of sp³-hybridized carbons (Fsp3) is 0.312. The van der Waals surface area contributed by atoms with Gasteiger partial charge in [-0.2, -0.15) is 5.10 Å². The molecule has 0 bridgehead atoms. The number of pyridine rings is 1. The maximum atomic E-state index is 9.44. The van der Waals surface area contributed by atoms with Gasteiger partial charge in [0.2, 0.25) is 0 Å². The van der Waals surface area contributed by atoms with Gasteiger partial charge in [-0.25, -0.2) is 9.67 Å². The molecule has 21 heavy (non-hydrogen) atoms. The van der Waals surface area contributed by atoms with Crippen LogP contribution in [-0.4, -0.2) is 24.9 Å². The van der Waals surface area contributed by atoms with E-state index in [1.165, 1.54) is 0 Å². The van der Waals surface area contributed by atoms with E-state index in [-0.39, 0.29) is 6.61 Å². The Hall–Kier alpha value is -2.27. The first-order valence-corrected chi connectivity index (χ1v) is 7.21. The lowest BCUT2D eigenvalue weighted by Crippen LogP contribution is -2.05. The molecule has 0 fully saturated rings. The van der Waals surface area contributed by atoms with Gasteiger partial charge >= 0.3 is 0 Å². The van der Waals surface area contributed by atoms with Gasteiger partial charge in [0, 0.05) is 18.2 Å². The molecule has 0 amide bonds. The minimum Gasteiger partial charge on any atom is -0.390 e. The van der Waals surface area contributed by atoms with E-state index < -0.39 is 0 Å². The third-order valence-corrected chi connectivity index (χ3v) is 3.49. The second-order valence-electron chi connectivity index (χ2n) is 4.87. The molecule has 1 N–H and O–H groups in total. The Morgan fingerprint density at radius 2 is 1.90 bits per heavy atom. The lowest BCUT2D eigenvalue weighted by atomic mass is 10.1. The van der Waals surface area contributed by atoms with Crippen LogP contribution in [0.25, 0.3) is 16.6 Å². The predicted molar refractivity (Wildman–Crippen MR) is 81.3 cm³/mol. The number of aliphatic hydroxyl groups excluding tert-OH is 1. The Bertz CT molecular complexity index is 779. The Morgan fingerprint density at radius 3 is 2.62 bits per heavy atom. The molecular formula is C16H18N4O. The van der Waals surface area contributed by atoms with Gasteiger partial charge in [-0.15, -0.1) is 0 Å². The Morgan fingerprint density at radius 1 is 1.10 bits per heavy atom. The van der Waals surface area contributed by atoms with Crippen molar-refractivity contribution < 1.29 is 5.11 Å². The molecule has 0 atom stereocenters. The summed E-state index contributed by atoms with van der Waals surface area (Å²) in [6.07, 6.45) is 1.61. The second-order valence-corrected chi connectivity index (χ2v) is 4.87. The zero-order chi connectivity index (χ0) is 14.8. The van der Waals surface area contributed by atoms with Crippen molar-refractivity contribution >= 4 is 10.9 Å². The molecule has 5 heteroatoms. The summed E-state index contributed by atoms with van der Waals surface area (Å²) in [5.74, 6) is 1.75. The van der Waals surface area contributed by atoms with Crippen LogP contribution in [-0.2, 0) is 19.4 Å². The lowest BCUT2D eigenvalue weighted by Gasteiger charge is -2.10. The number of nitrogens with zero attached hydrogens (tertiary/aromatic N) is 4. The highest BCUT2D eigenvalue weighted by molar-refractivity contribution is 5.87. The van der Waals surface area contributed by atoms with Crippen molar-refractivity contribution in [3.8, 4) is 5.69 Å². The van der Waals surface area contributed by atoms with E-state index in [0.717, 1.165) is 41.1 Å². The SMILES string of the molecule is CCc1nc(CC)n(-c2cc(CO)nc3ccccc23)n1. The predicted octanol–water partition coefficient (Wildman–Crippen LogP) is 2.43. The number of aryl methyl sites for hydroxylation is 2. The third-order valence-electron chi connectivity index (χ3n) is 3.49. The molecule has 0 aliphatic carbocycles. The van der Waals surface area contributed by atoms with Crippen LogP contribution in [0.5, 0.6) is 0 Å². The number of aliphatic hydroxyl groups is 1. The molecule has 0 aliphatic heterocycles. The fourth-order valence-electron chi connectivity index (χ4n) is 2.43. The summed E-state index contributed by atoms with van der Waals surface area (Å²) < 4.78 is 1.88. The van der Waals surface area contributed by atoms with E-state index in [2.05, 4.69) is 22.0 Å². The van der Waals surface area contributed by atoms with Gasteiger partial charge in [0.15, 0.2) is 5.82 Å². The number of rotatable bonds is 4. The van der Waals surface area contributed by atoms with Crippen LogP contribution < -0.4 is 0 Å². The summed E-state index contributed by atoms with van der Waals surface area (Å²) in [7, 11) is 0. The van der Waals surface area contributed by atoms with Crippen LogP contribution in [0.3, 0.4) is 0 Å². The molecule has 1 aromatic carbocycles. The molecule has 3 rings (SSSR count). The molecule has 0 radical (unpaired) electrons. The van der Waals surface area contributed by atoms with Gasteiger partial charge in [-0.3, -0.25) is 4.98 Å². The van der Waals surface area contributed by atoms with E-state index in [1.807, 2.05) is 41.9 Å². The number of hydrogen-bond acceptors (Lipinski definition) is 4. The highest BCUT2D eigenvalue weighted by atomic mass is 16.3. The molecule has 0 saturated carbocycles. The Kier molecular flexibility index (Phi) is 3.66. The van der Waals surface area contributed by atoms with Crippen molar-refractivity contribution in [2.45, 2.75) is 33.3 Å². The lowest BCUT2D eigenvalue weighted by molar-refractivity contribution is 0.277. The summed E-state index contributed by atoms with van der Waals surface area (Å²) in [4.78, 5) is 9.01. The van der Waals surface area contributed by atoms with Gasteiger partial charge in [0.1, 0.15) is 5.82 Å². The molecule has 2 aromatic heterocycles.